The van der Waals surface area contributed by atoms with Crippen LogP contribution in [0.15, 0.2) is 36.4 Å². The minimum absolute atomic E-state index is 0. The summed E-state index contributed by atoms with van der Waals surface area (Å²) in [6.07, 6.45) is 0.913. The molecule has 116 valence electrons. The molecule has 0 saturated carbocycles. The molecule has 2 atom stereocenters. The topological polar surface area (TPSA) is 66.5 Å². The Labute approximate surface area is 132 Å². The van der Waals surface area contributed by atoms with Gasteiger partial charge < -0.3 is 15.9 Å². The van der Waals surface area contributed by atoms with Gasteiger partial charge in [-0.25, -0.2) is 0 Å². The molecular weight excluding hydrogens is 286 g/mol. The van der Waals surface area contributed by atoms with Gasteiger partial charge in [0.15, 0.2) is 0 Å². The Bertz CT molecular complexity index is 586. The van der Waals surface area contributed by atoms with Crippen molar-refractivity contribution in [3.63, 3.8) is 0 Å². The van der Waals surface area contributed by atoms with Gasteiger partial charge in [-0.3, -0.25) is 0 Å². The number of hydrogen-bond acceptors (Lipinski definition) is 3. The van der Waals surface area contributed by atoms with Gasteiger partial charge in [0.1, 0.15) is 5.75 Å². The molecule has 0 aromatic heterocycles. The Balaban J connectivity index is 0.00000220. The lowest BCUT2D eigenvalue weighted by molar-refractivity contribution is 0.127. The second-order valence-corrected chi connectivity index (χ2v) is 5.78. The maximum Gasteiger partial charge on any atom is 0.121 e. The molecule has 21 heavy (non-hydrogen) atoms. The molecule has 2 aromatic rings. The predicted molar refractivity (Wildman–Crippen MR) is 89.9 cm³/mol. The van der Waals surface area contributed by atoms with E-state index in [4.69, 9.17) is 5.73 Å². The molecule has 0 spiro atoms. The van der Waals surface area contributed by atoms with Gasteiger partial charge in [0, 0.05) is 5.56 Å². The van der Waals surface area contributed by atoms with Crippen LogP contribution in [0.2, 0.25) is 0 Å². The van der Waals surface area contributed by atoms with E-state index in [-0.39, 0.29) is 18.2 Å². The van der Waals surface area contributed by atoms with Gasteiger partial charge >= 0.3 is 0 Å². The number of phenols is 1. The lowest BCUT2D eigenvalue weighted by atomic mass is 9.92. The maximum absolute atomic E-state index is 10.3. The van der Waals surface area contributed by atoms with Crippen LogP contribution in [-0.2, 0) is 0 Å². The molecule has 0 unspecified atom stereocenters. The number of aliphatic hydroxyl groups excluding tert-OH is 1. The summed E-state index contributed by atoms with van der Waals surface area (Å²) in [5.74, 6) is 0.678. The monoisotopic (exact) mass is 309 g/mol. The molecule has 4 N–H and O–H groups in total. The summed E-state index contributed by atoms with van der Waals surface area (Å²) in [7, 11) is 0. The van der Waals surface area contributed by atoms with Crippen molar-refractivity contribution in [3.8, 4) is 5.75 Å². The van der Waals surface area contributed by atoms with E-state index in [9.17, 15) is 10.2 Å². The number of halogens is 1. The van der Waals surface area contributed by atoms with Crippen LogP contribution >= 0.6 is 12.4 Å². The van der Waals surface area contributed by atoms with Crippen molar-refractivity contribution in [2.45, 2.75) is 38.8 Å². The van der Waals surface area contributed by atoms with Crippen LogP contribution in [0.25, 0.3) is 10.8 Å². The zero-order valence-corrected chi connectivity index (χ0v) is 13.3. The summed E-state index contributed by atoms with van der Waals surface area (Å²) in [5, 5.41) is 22.3. The molecule has 0 heterocycles. The quantitative estimate of drug-likeness (QED) is 0.787. The van der Waals surface area contributed by atoms with E-state index in [1.165, 1.54) is 0 Å². The summed E-state index contributed by atoms with van der Waals surface area (Å²) in [6.45, 7) is 4.24. The van der Waals surface area contributed by atoms with Crippen molar-refractivity contribution in [1.29, 1.82) is 0 Å². The molecule has 2 rings (SSSR count). The van der Waals surface area contributed by atoms with Crippen LogP contribution in [0.3, 0.4) is 0 Å². The lowest BCUT2D eigenvalue weighted by Gasteiger charge is -2.22. The second kappa shape index (κ2) is 7.64. The zero-order valence-electron chi connectivity index (χ0n) is 12.5. The van der Waals surface area contributed by atoms with Crippen LogP contribution < -0.4 is 5.73 Å². The third-order valence-electron chi connectivity index (χ3n) is 3.74. The molecule has 0 saturated heterocycles. The first-order chi connectivity index (χ1) is 9.50. The number of benzene rings is 2. The van der Waals surface area contributed by atoms with Crippen molar-refractivity contribution >= 4 is 23.2 Å². The summed E-state index contributed by atoms with van der Waals surface area (Å²) in [4.78, 5) is 0. The molecular formula is C17H24ClNO2. The van der Waals surface area contributed by atoms with Gasteiger partial charge in [0.05, 0.1) is 12.1 Å². The first-order valence-corrected chi connectivity index (χ1v) is 7.15. The Kier molecular flexibility index (Phi) is 6.46. The number of nitrogens with two attached hydrogens (primary N) is 1. The highest BCUT2D eigenvalue weighted by atomic mass is 35.5. The van der Waals surface area contributed by atoms with Crippen LogP contribution in [0.1, 0.15) is 38.3 Å². The third-order valence-corrected chi connectivity index (χ3v) is 3.74. The van der Waals surface area contributed by atoms with E-state index in [0.717, 1.165) is 17.2 Å². The molecule has 0 aliphatic heterocycles. The van der Waals surface area contributed by atoms with Crippen molar-refractivity contribution in [2.75, 3.05) is 0 Å². The Hall–Kier alpha value is -1.29. The molecule has 3 nitrogen and oxygen atoms in total. The van der Waals surface area contributed by atoms with E-state index >= 15 is 0 Å². The average molecular weight is 310 g/mol. The van der Waals surface area contributed by atoms with E-state index in [0.29, 0.717) is 17.9 Å². The molecule has 0 radical (unpaired) electrons. The number of hydrogen-bond donors (Lipinski definition) is 3. The summed E-state index contributed by atoms with van der Waals surface area (Å²) in [6, 6.07) is 10.7. The largest absolute Gasteiger partial charge is 0.508 e. The van der Waals surface area contributed by atoms with Gasteiger partial charge in [-0.15, -0.1) is 12.4 Å². The lowest BCUT2D eigenvalue weighted by Crippen LogP contribution is -2.26. The number of aromatic hydroxyl groups is 1. The van der Waals surface area contributed by atoms with Crippen LogP contribution in [-0.4, -0.2) is 16.3 Å². The van der Waals surface area contributed by atoms with E-state index in [1.54, 1.807) is 6.07 Å². The van der Waals surface area contributed by atoms with Crippen molar-refractivity contribution in [2.24, 2.45) is 11.7 Å². The fourth-order valence-electron chi connectivity index (χ4n) is 2.51. The van der Waals surface area contributed by atoms with E-state index < -0.39 is 12.1 Å². The number of fused-ring (bicyclic) bond motifs is 1. The van der Waals surface area contributed by atoms with Crippen molar-refractivity contribution in [3.05, 3.63) is 42.0 Å². The third kappa shape index (κ3) is 4.10. The summed E-state index contributed by atoms with van der Waals surface area (Å²) >= 11 is 0. The first-order valence-electron chi connectivity index (χ1n) is 7.15. The van der Waals surface area contributed by atoms with Gasteiger partial charge in [0.2, 0.25) is 0 Å². The highest BCUT2D eigenvalue weighted by molar-refractivity contribution is 5.88. The zero-order chi connectivity index (χ0) is 14.7. The minimum atomic E-state index is -0.644. The Morgan fingerprint density at radius 1 is 1.05 bits per heavy atom. The molecule has 4 heteroatoms. The number of phenolic OH excluding ortho intramolecular Hbond substituents is 1. The van der Waals surface area contributed by atoms with E-state index in [2.05, 4.69) is 13.8 Å². The van der Waals surface area contributed by atoms with Crippen molar-refractivity contribution in [1.82, 2.24) is 0 Å². The highest BCUT2D eigenvalue weighted by Crippen LogP contribution is 2.33. The predicted octanol–water partition coefficient (Wildman–Crippen LogP) is 3.76. The highest BCUT2D eigenvalue weighted by Gasteiger charge is 2.22. The van der Waals surface area contributed by atoms with Crippen LogP contribution in [0.4, 0.5) is 0 Å². The van der Waals surface area contributed by atoms with Crippen LogP contribution in [0, 0.1) is 5.92 Å². The van der Waals surface area contributed by atoms with Gasteiger partial charge in [-0.1, -0.05) is 44.2 Å². The molecule has 2 aromatic carbocycles. The van der Waals surface area contributed by atoms with Gasteiger partial charge in [-0.2, -0.15) is 0 Å². The van der Waals surface area contributed by atoms with Crippen LogP contribution in [0.5, 0.6) is 5.75 Å². The fraction of sp³-hybridized carbons (Fsp3) is 0.412. The normalized spacial score (nSPS) is 14.0. The average Bonchev–Trinajstić information content (AvgIpc) is 2.44. The number of rotatable bonds is 5. The Morgan fingerprint density at radius 3 is 2.38 bits per heavy atom. The SMILES string of the molecule is CC(C)CC[C@H](O)[C@H](N)c1c(O)ccc2ccccc12.Cl. The van der Waals surface area contributed by atoms with Gasteiger partial charge in [-0.05, 0) is 35.6 Å². The molecule has 0 aliphatic carbocycles. The minimum Gasteiger partial charge on any atom is -0.508 e. The molecule has 0 bridgehead atoms. The fourth-order valence-corrected chi connectivity index (χ4v) is 2.51. The van der Waals surface area contributed by atoms with Crippen molar-refractivity contribution < 1.29 is 10.2 Å². The first kappa shape index (κ1) is 17.8. The smallest absolute Gasteiger partial charge is 0.121 e. The molecule has 0 fully saturated rings. The molecule has 0 aliphatic rings. The second-order valence-electron chi connectivity index (χ2n) is 5.78. The molecule has 0 amide bonds. The van der Waals surface area contributed by atoms with E-state index in [1.807, 2.05) is 30.3 Å². The number of aliphatic hydroxyl groups is 1. The summed E-state index contributed by atoms with van der Waals surface area (Å²) in [5.41, 5.74) is 6.82. The van der Waals surface area contributed by atoms with Gasteiger partial charge in [0.25, 0.3) is 0 Å². The Morgan fingerprint density at radius 2 is 1.71 bits per heavy atom. The maximum atomic E-state index is 10.3. The summed E-state index contributed by atoms with van der Waals surface area (Å²) < 4.78 is 0. The standard InChI is InChI=1S/C17H23NO2.ClH/c1-11(2)7-9-15(20)17(18)16-13-6-4-3-5-12(13)8-10-14(16)19;/h3-6,8,10-11,15,17,19-20H,7,9,18H2,1-2H3;1H/t15-,17-;/m0./s1.